The van der Waals surface area contributed by atoms with Crippen LogP contribution in [-0.2, 0) is 25.0 Å². The van der Waals surface area contributed by atoms with Gasteiger partial charge in [0.15, 0.2) is 11.2 Å². The van der Waals surface area contributed by atoms with E-state index in [9.17, 15) is 14.0 Å². The van der Waals surface area contributed by atoms with Gasteiger partial charge in [-0.05, 0) is 43.2 Å². The number of nitrogens with two attached hydrogens (primary N) is 1. The molecule has 4 aromatic rings. The molecule has 2 N–H and O–H groups in total. The van der Waals surface area contributed by atoms with E-state index in [1.54, 1.807) is 35.9 Å². The lowest BCUT2D eigenvalue weighted by molar-refractivity contribution is 0.131. The van der Waals surface area contributed by atoms with Gasteiger partial charge in [0, 0.05) is 13.6 Å². The van der Waals surface area contributed by atoms with Gasteiger partial charge in [-0.15, -0.1) is 0 Å². The molecule has 9 nitrogen and oxygen atoms in total. The molecule has 2 aromatic carbocycles. The Morgan fingerprint density at radius 2 is 1.73 bits per heavy atom. The van der Waals surface area contributed by atoms with Gasteiger partial charge in [-0.3, -0.25) is 18.5 Å². The highest BCUT2D eigenvalue weighted by Gasteiger charge is 2.22. The maximum atomic E-state index is 13.4. The highest BCUT2D eigenvalue weighted by molar-refractivity contribution is 5.72. The fourth-order valence-electron chi connectivity index (χ4n) is 3.56. The summed E-state index contributed by atoms with van der Waals surface area (Å²) in [4.78, 5) is 35.2. The molecular formula is C23H24FN5O4. The summed E-state index contributed by atoms with van der Waals surface area (Å²) in [6.45, 7) is 2.48. The van der Waals surface area contributed by atoms with Crippen molar-refractivity contribution in [3.05, 3.63) is 86.3 Å². The third kappa shape index (κ3) is 4.57. The molecule has 0 saturated carbocycles. The molecule has 33 heavy (non-hydrogen) atoms. The molecule has 2 heterocycles. The number of aromatic nitrogens is 4. The number of imidazole rings is 1. The summed E-state index contributed by atoms with van der Waals surface area (Å²) in [6.07, 6.45) is 0.385. The van der Waals surface area contributed by atoms with E-state index in [0.29, 0.717) is 12.2 Å². The van der Waals surface area contributed by atoms with Gasteiger partial charge in [0.05, 0.1) is 13.2 Å². The van der Waals surface area contributed by atoms with Crippen LogP contribution in [0.2, 0.25) is 0 Å². The van der Waals surface area contributed by atoms with Crippen molar-refractivity contribution in [2.75, 3.05) is 6.61 Å². The first-order valence-corrected chi connectivity index (χ1v) is 10.4. The van der Waals surface area contributed by atoms with Crippen LogP contribution in [0.1, 0.15) is 17.5 Å². The largest absolute Gasteiger partial charge is 0.425 e. The van der Waals surface area contributed by atoms with Gasteiger partial charge >= 0.3 is 11.7 Å². The first-order chi connectivity index (χ1) is 15.9. The number of nitrogens with zero attached hydrogens (tertiary/aromatic N) is 4. The van der Waals surface area contributed by atoms with Gasteiger partial charge in [-0.25, -0.2) is 15.1 Å². The summed E-state index contributed by atoms with van der Waals surface area (Å²) in [5, 5.41) is 0. The normalized spacial score (nSPS) is 11.3. The van der Waals surface area contributed by atoms with E-state index in [-0.39, 0.29) is 42.7 Å². The molecule has 0 fully saturated rings. The summed E-state index contributed by atoms with van der Waals surface area (Å²) in [5.41, 5.74) is 1.20. The van der Waals surface area contributed by atoms with E-state index >= 15 is 0 Å². The first-order valence-electron chi connectivity index (χ1n) is 10.4. The molecule has 0 aliphatic carbocycles. The quantitative estimate of drug-likeness (QED) is 0.325. The van der Waals surface area contributed by atoms with Crippen LogP contribution >= 0.6 is 0 Å². The second-order valence-corrected chi connectivity index (χ2v) is 7.72. The summed E-state index contributed by atoms with van der Waals surface area (Å²) < 4.78 is 23.5. The van der Waals surface area contributed by atoms with Gasteiger partial charge in [0.2, 0.25) is 0 Å². The molecule has 0 saturated heterocycles. The molecule has 0 spiro atoms. The molecule has 172 valence electrons. The maximum absolute atomic E-state index is 13.4. The van der Waals surface area contributed by atoms with Gasteiger partial charge < -0.3 is 9.57 Å². The number of fused-ring (bicyclic) bond motifs is 1. The minimum Gasteiger partial charge on any atom is -0.425 e. The van der Waals surface area contributed by atoms with Crippen LogP contribution < -0.4 is 21.9 Å². The Balaban J connectivity index is 1.89. The zero-order valence-electron chi connectivity index (χ0n) is 18.3. The molecule has 0 aliphatic rings. The smallest absolute Gasteiger partial charge is 0.332 e. The summed E-state index contributed by atoms with van der Waals surface area (Å²) >= 11 is 0. The predicted molar refractivity (Wildman–Crippen MR) is 121 cm³/mol. The fraction of sp³-hybridized carbons (Fsp3) is 0.261. The van der Waals surface area contributed by atoms with E-state index in [1.165, 1.54) is 16.7 Å². The minimum atomic E-state index is -0.502. The number of hydrogen-bond acceptors (Lipinski definition) is 6. The van der Waals surface area contributed by atoms with E-state index < -0.39 is 11.2 Å². The van der Waals surface area contributed by atoms with E-state index in [0.717, 1.165) is 15.7 Å². The van der Waals surface area contributed by atoms with Crippen LogP contribution in [0, 0.1) is 12.7 Å². The third-order valence-electron chi connectivity index (χ3n) is 5.33. The predicted octanol–water partition coefficient (Wildman–Crippen LogP) is 2.47. The van der Waals surface area contributed by atoms with Crippen LogP contribution in [0.3, 0.4) is 0 Å². The van der Waals surface area contributed by atoms with Gasteiger partial charge in [-0.2, -0.15) is 4.98 Å². The zero-order chi connectivity index (χ0) is 23.5. The minimum absolute atomic E-state index is 0.133. The van der Waals surface area contributed by atoms with Crippen LogP contribution in [0.25, 0.3) is 11.2 Å². The molecule has 0 unspecified atom stereocenters. The van der Waals surface area contributed by atoms with Gasteiger partial charge in [0.1, 0.15) is 11.6 Å². The lowest BCUT2D eigenvalue weighted by Crippen LogP contribution is -2.40. The third-order valence-corrected chi connectivity index (χ3v) is 5.33. The lowest BCUT2D eigenvalue weighted by Gasteiger charge is -2.11. The fourth-order valence-corrected chi connectivity index (χ4v) is 3.56. The molecule has 0 aliphatic heterocycles. The molecule has 0 radical (unpaired) electrons. The molecule has 0 amide bonds. The molecule has 2 aromatic heterocycles. The average molecular weight is 453 g/mol. The van der Waals surface area contributed by atoms with Crippen molar-refractivity contribution < 1.29 is 14.0 Å². The van der Waals surface area contributed by atoms with Crippen LogP contribution in [0.4, 0.5) is 4.39 Å². The number of benzene rings is 2. The Morgan fingerprint density at radius 1 is 1.03 bits per heavy atom. The summed E-state index contributed by atoms with van der Waals surface area (Å²) in [5.74, 6) is 5.23. The topological polar surface area (TPSA) is 106 Å². The van der Waals surface area contributed by atoms with Crippen LogP contribution in [0.15, 0.2) is 58.1 Å². The van der Waals surface area contributed by atoms with Crippen LogP contribution in [-0.4, -0.2) is 25.3 Å². The Bertz CT molecular complexity index is 1390. The number of ether oxygens (including phenoxy) is 1. The van der Waals surface area contributed by atoms with Crippen molar-refractivity contribution in [3.63, 3.8) is 0 Å². The van der Waals surface area contributed by atoms with Gasteiger partial charge in [0.25, 0.3) is 5.56 Å². The average Bonchev–Trinajstić information content (AvgIpc) is 3.16. The summed E-state index contributed by atoms with van der Waals surface area (Å²) in [6, 6.07) is 13.4. The Hall–Kier alpha value is -3.76. The highest BCUT2D eigenvalue weighted by atomic mass is 19.1. The van der Waals surface area contributed by atoms with Crippen molar-refractivity contribution in [2.45, 2.75) is 26.4 Å². The number of hydrogen-bond donors (Lipinski definition) is 1. The standard InChI is InChI=1S/C23H24FN5O4/c1-15-4-10-18(11-5-15)33-22-26-20-19(29(22)14-16-6-8-17(24)9-7-16)21(30)28(12-3-13-32-25)23(31)27(20)2/h4-11H,3,12-14,25H2,1-2H3. The molecular weight excluding hydrogens is 429 g/mol. The molecule has 4 rings (SSSR count). The Kier molecular flexibility index (Phi) is 6.38. The second kappa shape index (κ2) is 9.39. The second-order valence-electron chi connectivity index (χ2n) is 7.72. The van der Waals surface area contributed by atoms with Crippen LogP contribution in [0.5, 0.6) is 11.8 Å². The van der Waals surface area contributed by atoms with Crippen molar-refractivity contribution in [1.82, 2.24) is 18.7 Å². The molecule has 0 atom stereocenters. The Labute approximate surface area is 188 Å². The molecule has 10 heteroatoms. The van der Waals surface area contributed by atoms with Crippen molar-refractivity contribution in [2.24, 2.45) is 12.9 Å². The SMILES string of the molecule is Cc1ccc(Oc2nc3c(c(=O)n(CCCON)c(=O)n3C)n2Cc2ccc(F)cc2)cc1. The Morgan fingerprint density at radius 3 is 2.39 bits per heavy atom. The zero-order valence-corrected chi connectivity index (χ0v) is 18.3. The van der Waals surface area contributed by atoms with Gasteiger partial charge in [-0.1, -0.05) is 29.8 Å². The van der Waals surface area contributed by atoms with Crippen molar-refractivity contribution in [3.8, 4) is 11.8 Å². The summed E-state index contributed by atoms with van der Waals surface area (Å²) in [7, 11) is 1.55. The van der Waals surface area contributed by atoms with E-state index in [4.69, 9.17) is 10.6 Å². The monoisotopic (exact) mass is 453 g/mol. The number of rotatable bonds is 8. The van der Waals surface area contributed by atoms with Crippen molar-refractivity contribution >= 4 is 11.2 Å². The lowest BCUT2D eigenvalue weighted by atomic mass is 10.2. The molecule has 0 bridgehead atoms. The van der Waals surface area contributed by atoms with E-state index in [2.05, 4.69) is 9.82 Å². The highest BCUT2D eigenvalue weighted by Crippen LogP contribution is 2.25. The first kappa shape index (κ1) is 22.4. The number of aryl methyl sites for hydroxylation is 2. The number of halogens is 1. The maximum Gasteiger partial charge on any atom is 0.332 e. The van der Waals surface area contributed by atoms with Crippen molar-refractivity contribution in [1.29, 1.82) is 0 Å². The van der Waals surface area contributed by atoms with E-state index in [1.807, 2.05) is 19.1 Å².